The van der Waals surface area contributed by atoms with Crippen LogP contribution < -0.4 is 9.47 Å². The summed E-state index contributed by atoms with van der Waals surface area (Å²) in [4.78, 5) is 15.5. The smallest absolute Gasteiger partial charge is 0.274 e. The molecule has 0 N–H and O–H groups in total. The van der Waals surface area contributed by atoms with Crippen molar-refractivity contribution in [2.75, 3.05) is 14.2 Å². The van der Waals surface area contributed by atoms with E-state index in [1.165, 1.54) is 0 Å². The number of benzene rings is 2. The molecule has 190 valence electrons. The summed E-state index contributed by atoms with van der Waals surface area (Å²) in [7, 11) is 3.50. The summed E-state index contributed by atoms with van der Waals surface area (Å²) in [5, 5.41) is 4.95. The Morgan fingerprint density at radius 1 is 1.14 bits per heavy atom. The van der Waals surface area contributed by atoms with Gasteiger partial charge in [-0.25, -0.2) is 4.68 Å². The topological polar surface area (TPSA) is 56.6 Å². The predicted octanol–water partition coefficient (Wildman–Crippen LogP) is 6.34. The number of nitrogens with zero attached hydrogens (tertiary/aromatic N) is 3. The van der Waals surface area contributed by atoms with Gasteiger partial charge < -0.3 is 14.4 Å². The maximum Gasteiger partial charge on any atom is 0.274 e. The number of hydrogen-bond donors (Lipinski definition) is 0. The summed E-state index contributed by atoms with van der Waals surface area (Å²) < 4.78 is 13.7. The summed E-state index contributed by atoms with van der Waals surface area (Å²) in [5.74, 6) is 1.32. The third-order valence-electron chi connectivity index (χ3n) is 6.73. The van der Waals surface area contributed by atoms with E-state index in [9.17, 15) is 4.79 Å². The number of ether oxygens (including phenoxy) is 2. The molecule has 1 amide bonds. The average Bonchev–Trinajstić information content (AvgIpc) is 3.22. The molecule has 0 spiro atoms. The number of methoxy groups -OCH3 is 1. The largest absolute Gasteiger partial charge is 0.493 e. The fourth-order valence-corrected chi connectivity index (χ4v) is 4.48. The SMILES string of the molecule is C=C(C)c1cccc(-n2nc(C(=O)N(C)C(C)(C)C)c3c2-c2cc(OC(C)C)c(OC)cc2CC3)c1. The van der Waals surface area contributed by atoms with Crippen LogP contribution in [0.4, 0.5) is 0 Å². The van der Waals surface area contributed by atoms with E-state index in [-0.39, 0.29) is 17.6 Å². The van der Waals surface area contributed by atoms with Gasteiger partial charge in [0.2, 0.25) is 0 Å². The number of carbonyl (C=O) groups excluding carboxylic acids is 1. The fourth-order valence-electron chi connectivity index (χ4n) is 4.48. The zero-order chi connectivity index (χ0) is 26.4. The molecule has 1 aliphatic rings. The molecular weight excluding hydrogens is 450 g/mol. The number of hydrogen-bond acceptors (Lipinski definition) is 4. The molecule has 0 saturated carbocycles. The van der Waals surface area contributed by atoms with Gasteiger partial charge in [-0.2, -0.15) is 5.10 Å². The highest BCUT2D eigenvalue weighted by Gasteiger charge is 2.33. The molecule has 6 nitrogen and oxygen atoms in total. The second-order valence-corrected chi connectivity index (χ2v) is 10.8. The monoisotopic (exact) mass is 487 g/mol. The van der Waals surface area contributed by atoms with Gasteiger partial charge in [-0.05, 0) is 89.8 Å². The van der Waals surface area contributed by atoms with Crippen molar-refractivity contribution in [1.29, 1.82) is 0 Å². The van der Waals surface area contributed by atoms with E-state index in [1.807, 2.05) is 77.5 Å². The van der Waals surface area contributed by atoms with Gasteiger partial charge in [-0.3, -0.25) is 4.79 Å². The minimum absolute atomic E-state index is 0.00487. The van der Waals surface area contributed by atoms with E-state index in [2.05, 4.69) is 18.7 Å². The molecule has 0 atom stereocenters. The van der Waals surface area contributed by atoms with Crippen LogP contribution in [0.1, 0.15) is 68.7 Å². The van der Waals surface area contributed by atoms with Crippen LogP contribution in [-0.2, 0) is 12.8 Å². The lowest BCUT2D eigenvalue weighted by Gasteiger charge is -2.31. The molecule has 4 rings (SSSR count). The van der Waals surface area contributed by atoms with Crippen LogP contribution in [0.2, 0.25) is 0 Å². The first-order chi connectivity index (χ1) is 16.9. The normalized spacial score (nSPS) is 12.7. The summed E-state index contributed by atoms with van der Waals surface area (Å²) in [5.41, 5.74) is 7.11. The van der Waals surface area contributed by atoms with Crippen molar-refractivity contribution in [2.45, 2.75) is 66.0 Å². The van der Waals surface area contributed by atoms with Gasteiger partial charge in [0.05, 0.1) is 24.6 Å². The molecule has 0 unspecified atom stereocenters. The molecule has 36 heavy (non-hydrogen) atoms. The van der Waals surface area contributed by atoms with Crippen molar-refractivity contribution in [2.24, 2.45) is 0 Å². The molecule has 0 bridgehead atoms. The van der Waals surface area contributed by atoms with Crippen molar-refractivity contribution in [3.05, 3.63) is 65.4 Å². The Hall–Kier alpha value is -3.54. The summed E-state index contributed by atoms with van der Waals surface area (Å²) in [6.07, 6.45) is 1.50. The number of carbonyl (C=O) groups is 1. The molecule has 0 fully saturated rings. The summed E-state index contributed by atoms with van der Waals surface area (Å²) in [6, 6.07) is 12.2. The first-order valence-electron chi connectivity index (χ1n) is 12.5. The number of aromatic nitrogens is 2. The molecule has 0 radical (unpaired) electrons. The number of fused-ring (bicyclic) bond motifs is 3. The Bertz CT molecular complexity index is 1330. The molecule has 0 aliphatic heterocycles. The molecule has 1 aromatic heterocycles. The quantitative estimate of drug-likeness (QED) is 0.407. The second-order valence-electron chi connectivity index (χ2n) is 10.8. The Labute approximate surface area is 214 Å². The van der Waals surface area contributed by atoms with Crippen LogP contribution >= 0.6 is 0 Å². The van der Waals surface area contributed by atoms with E-state index in [0.29, 0.717) is 17.2 Å². The highest BCUT2D eigenvalue weighted by Crippen LogP contribution is 2.43. The molecule has 1 heterocycles. The van der Waals surface area contributed by atoms with E-state index < -0.39 is 0 Å². The zero-order valence-electron chi connectivity index (χ0n) is 22.7. The summed E-state index contributed by atoms with van der Waals surface area (Å²) in [6.45, 7) is 16.2. The Kier molecular flexibility index (Phi) is 6.74. The predicted molar refractivity (Wildman–Crippen MR) is 145 cm³/mol. The van der Waals surface area contributed by atoms with Crippen LogP contribution in [0.3, 0.4) is 0 Å². The molecular formula is C30H37N3O3. The number of aryl methyl sites for hydroxylation is 1. The van der Waals surface area contributed by atoms with Gasteiger partial charge in [0.1, 0.15) is 0 Å². The lowest BCUT2D eigenvalue weighted by Crippen LogP contribution is -2.43. The van der Waals surface area contributed by atoms with Crippen LogP contribution in [0, 0.1) is 0 Å². The molecule has 3 aromatic rings. The van der Waals surface area contributed by atoms with Crippen molar-refractivity contribution in [3.63, 3.8) is 0 Å². The summed E-state index contributed by atoms with van der Waals surface area (Å²) >= 11 is 0. The van der Waals surface area contributed by atoms with Crippen molar-refractivity contribution >= 4 is 11.5 Å². The lowest BCUT2D eigenvalue weighted by molar-refractivity contribution is 0.0648. The van der Waals surface area contributed by atoms with E-state index >= 15 is 0 Å². The van der Waals surface area contributed by atoms with Crippen molar-refractivity contribution < 1.29 is 14.3 Å². The number of rotatable bonds is 6. The van der Waals surface area contributed by atoms with Crippen LogP contribution in [-0.4, -0.2) is 46.4 Å². The third-order valence-corrected chi connectivity index (χ3v) is 6.73. The van der Waals surface area contributed by atoms with E-state index in [1.54, 1.807) is 12.0 Å². The Balaban J connectivity index is 1.99. The maximum absolute atomic E-state index is 13.7. The first-order valence-corrected chi connectivity index (χ1v) is 12.5. The van der Waals surface area contributed by atoms with Crippen LogP contribution in [0.5, 0.6) is 11.5 Å². The number of allylic oxidation sites excluding steroid dienone is 1. The first kappa shape index (κ1) is 25.5. The minimum Gasteiger partial charge on any atom is -0.493 e. The fraction of sp³-hybridized carbons (Fsp3) is 0.400. The highest BCUT2D eigenvalue weighted by atomic mass is 16.5. The highest BCUT2D eigenvalue weighted by molar-refractivity contribution is 5.97. The molecule has 1 aliphatic carbocycles. The van der Waals surface area contributed by atoms with E-state index in [0.717, 1.165) is 52.0 Å². The van der Waals surface area contributed by atoms with Crippen molar-refractivity contribution in [3.8, 4) is 28.4 Å². The maximum atomic E-state index is 13.7. The average molecular weight is 488 g/mol. The lowest BCUT2D eigenvalue weighted by atomic mass is 9.88. The van der Waals surface area contributed by atoms with E-state index in [4.69, 9.17) is 14.6 Å². The van der Waals surface area contributed by atoms with Crippen molar-refractivity contribution in [1.82, 2.24) is 14.7 Å². The number of amides is 1. The minimum atomic E-state index is -0.328. The van der Waals surface area contributed by atoms with Gasteiger partial charge in [0, 0.05) is 23.7 Å². The Morgan fingerprint density at radius 3 is 2.47 bits per heavy atom. The Morgan fingerprint density at radius 2 is 1.86 bits per heavy atom. The van der Waals surface area contributed by atoms with Crippen LogP contribution in [0.15, 0.2) is 43.0 Å². The third kappa shape index (κ3) is 4.64. The van der Waals surface area contributed by atoms with Gasteiger partial charge in [-0.1, -0.05) is 24.3 Å². The van der Waals surface area contributed by atoms with Crippen LogP contribution in [0.25, 0.3) is 22.5 Å². The van der Waals surface area contributed by atoms with Gasteiger partial charge in [-0.15, -0.1) is 0 Å². The molecule has 0 saturated heterocycles. The molecule has 2 aromatic carbocycles. The molecule has 6 heteroatoms. The van der Waals surface area contributed by atoms with Gasteiger partial charge in [0.15, 0.2) is 17.2 Å². The zero-order valence-corrected chi connectivity index (χ0v) is 22.7. The second kappa shape index (κ2) is 9.49. The van der Waals surface area contributed by atoms with Gasteiger partial charge in [0.25, 0.3) is 5.91 Å². The standard InChI is InChI=1S/C30H37N3O3/c1-18(2)20-11-10-12-22(15-20)33-28-23(27(31-33)29(34)32(8)30(5,6)7)14-13-21-16-25(35-9)26(17-24(21)28)36-19(3)4/h10-12,15-17,19H,1,13-14H2,2-9H3. The van der Waals surface area contributed by atoms with Gasteiger partial charge >= 0.3 is 0 Å².